The largest absolute Gasteiger partial charge is 0.338 e. The van der Waals surface area contributed by atoms with Crippen LogP contribution in [0, 0.1) is 29.6 Å². The number of anilines is 1. The third-order valence-corrected chi connectivity index (χ3v) is 10.8. The molecule has 5 rings (SSSR count). The maximum Gasteiger partial charge on any atom is 0.287 e. The molecule has 2 aliphatic carbocycles. The number of carbonyl (C=O) groups excluding carboxylic acids is 2. The summed E-state index contributed by atoms with van der Waals surface area (Å²) in [5.41, 5.74) is 0.263. The van der Waals surface area contributed by atoms with Gasteiger partial charge in [-0.05, 0) is 48.8 Å². The van der Waals surface area contributed by atoms with Gasteiger partial charge in [0.15, 0.2) is 11.7 Å². The Balaban J connectivity index is 1.48. The fourth-order valence-electron chi connectivity index (χ4n) is 6.17. The SMILES string of the molecule is CC(C)CCN1C(=O)C(C2=NS(=O)(=O)c3c(CNS(C)(=O)=O)csc3N2)C(=O)C2C1[C@@H]1CC[C@H]2C1. The number of Topliss-reactive ketones (excluding diaryl/α,β-unsaturated/α-hetero) is 1. The van der Waals surface area contributed by atoms with E-state index in [0.29, 0.717) is 18.4 Å². The van der Waals surface area contributed by atoms with Crippen LogP contribution in [0.1, 0.15) is 45.1 Å². The first-order valence-corrected chi connectivity index (χ1v) is 16.1. The minimum absolute atomic E-state index is 0.101. The molecule has 2 saturated carbocycles. The summed E-state index contributed by atoms with van der Waals surface area (Å²) < 4.78 is 55.5. The first-order chi connectivity index (χ1) is 16.4. The fraction of sp³-hybridized carbons (Fsp3) is 0.682. The second-order valence-electron chi connectivity index (χ2n) is 10.5. The molecule has 1 aromatic heterocycles. The van der Waals surface area contributed by atoms with E-state index in [-0.39, 0.29) is 57.4 Å². The van der Waals surface area contributed by atoms with Gasteiger partial charge in [0.25, 0.3) is 10.0 Å². The van der Waals surface area contributed by atoms with Crippen molar-refractivity contribution >= 4 is 53.9 Å². The van der Waals surface area contributed by atoms with Crippen LogP contribution >= 0.6 is 11.3 Å². The summed E-state index contributed by atoms with van der Waals surface area (Å²) in [5.74, 6) is -1.37. The van der Waals surface area contributed by atoms with E-state index in [1.165, 1.54) is 5.38 Å². The van der Waals surface area contributed by atoms with Gasteiger partial charge >= 0.3 is 0 Å². The van der Waals surface area contributed by atoms with E-state index in [1.807, 2.05) is 4.90 Å². The van der Waals surface area contributed by atoms with Gasteiger partial charge in [-0.25, -0.2) is 13.1 Å². The Bertz CT molecular complexity index is 1320. The van der Waals surface area contributed by atoms with Crippen molar-refractivity contribution in [1.29, 1.82) is 0 Å². The van der Waals surface area contributed by atoms with Gasteiger partial charge in [-0.1, -0.05) is 13.8 Å². The Morgan fingerprint density at radius 2 is 1.97 bits per heavy atom. The smallest absolute Gasteiger partial charge is 0.287 e. The van der Waals surface area contributed by atoms with Crippen LogP contribution in [0.15, 0.2) is 14.7 Å². The molecule has 2 N–H and O–H groups in total. The van der Waals surface area contributed by atoms with Gasteiger partial charge in [0.05, 0.1) is 6.26 Å². The molecule has 3 heterocycles. The highest BCUT2D eigenvalue weighted by atomic mass is 32.2. The Morgan fingerprint density at radius 3 is 2.66 bits per heavy atom. The van der Waals surface area contributed by atoms with Crippen LogP contribution in [0.5, 0.6) is 0 Å². The summed E-state index contributed by atoms with van der Waals surface area (Å²) in [6, 6.07) is -0.101. The second-order valence-corrected chi connectivity index (χ2v) is 14.7. The molecule has 3 unspecified atom stereocenters. The van der Waals surface area contributed by atoms with E-state index in [0.717, 1.165) is 43.3 Å². The standard InChI is InChI=1S/C22H30N4O6S3/c1-11(2)6-7-26-17-13-5-4-12(8-13)15(17)18(27)16(22(26)28)20-24-21-19(35(31,32)25-20)14(10-33-21)9-23-34(3,29)30/h10-13,15-17,23H,4-9H2,1-3H3,(H,24,25)/t12-,13+,15?,16?,17?/m0/s1. The average molecular weight is 543 g/mol. The number of amides is 1. The molecule has 35 heavy (non-hydrogen) atoms. The van der Waals surface area contributed by atoms with Gasteiger partial charge in [-0.2, -0.15) is 8.42 Å². The van der Waals surface area contributed by atoms with E-state index in [2.05, 4.69) is 28.3 Å². The van der Waals surface area contributed by atoms with Crippen molar-refractivity contribution in [3.05, 3.63) is 10.9 Å². The van der Waals surface area contributed by atoms with Crippen molar-refractivity contribution in [3.63, 3.8) is 0 Å². The number of carbonyl (C=O) groups is 2. The second kappa shape index (κ2) is 8.63. The fourth-order valence-corrected chi connectivity index (χ4v) is 9.23. The van der Waals surface area contributed by atoms with Crippen molar-refractivity contribution in [3.8, 4) is 0 Å². The van der Waals surface area contributed by atoms with Crippen molar-refractivity contribution in [2.24, 2.45) is 34.0 Å². The number of hydrogen-bond donors (Lipinski definition) is 2. The Kier molecular flexibility index (Phi) is 6.13. The maximum atomic E-state index is 13.7. The van der Waals surface area contributed by atoms with Crippen molar-refractivity contribution in [2.45, 2.75) is 57.0 Å². The van der Waals surface area contributed by atoms with Crippen molar-refractivity contribution in [2.75, 3.05) is 18.1 Å². The predicted octanol–water partition coefficient (Wildman–Crippen LogP) is 1.80. The number of hydrogen-bond acceptors (Lipinski definition) is 8. The molecule has 10 nitrogen and oxygen atoms in total. The molecule has 1 amide bonds. The zero-order valence-electron chi connectivity index (χ0n) is 19.9. The number of fused-ring (bicyclic) bond motifs is 6. The van der Waals surface area contributed by atoms with E-state index in [1.54, 1.807) is 0 Å². The molecule has 1 saturated heterocycles. The number of nitrogens with one attached hydrogen (secondary N) is 2. The molecule has 2 bridgehead atoms. The highest BCUT2D eigenvalue weighted by Crippen LogP contribution is 2.54. The molecule has 13 heteroatoms. The summed E-state index contributed by atoms with van der Waals surface area (Å²) >= 11 is 1.08. The third-order valence-electron chi connectivity index (χ3n) is 7.66. The van der Waals surface area contributed by atoms with Crippen LogP contribution < -0.4 is 10.0 Å². The Labute approximate surface area is 209 Å². The molecule has 5 atom stereocenters. The summed E-state index contributed by atoms with van der Waals surface area (Å²) in [5, 5.41) is 4.73. The zero-order valence-corrected chi connectivity index (χ0v) is 22.3. The molecule has 4 aliphatic rings. The van der Waals surface area contributed by atoms with Crippen LogP contribution in [-0.4, -0.2) is 58.1 Å². The summed E-state index contributed by atoms with van der Waals surface area (Å²) in [6.45, 7) is 4.51. The summed E-state index contributed by atoms with van der Waals surface area (Å²) in [7, 11) is -7.77. The summed E-state index contributed by atoms with van der Waals surface area (Å²) in [6.07, 6.45) is 4.70. The van der Waals surface area contributed by atoms with Crippen molar-refractivity contribution in [1.82, 2.24) is 9.62 Å². The van der Waals surface area contributed by atoms with Crippen molar-refractivity contribution < 1.29 is 26.4 Å². The van der Waals surface area contributed by atoms with Gasteiger partial charge in [0, 0.05) is 30.6 Å². The lowest BCUT2D eigenvalue weighted by Gasteiger charge is -2.46. The number of thiophene rings is 1. The van der Waals surface area contributed by atoms with Gasteiger partial charge in [-0.3, -0.25) is 9.59 Å². The topological polar surface area (TPSA) is 142 Å². The maximum absolute atomic E-state index is 13.7. The monoisotopic (exact) mass is 542 g/mol. The number of likely N-dealkylation sites (tertiary alicyclic amines) is 1. The molecule has 1 aromatic rings. The van der Waals surface area contributed by atoms with Crippen LogP contribution in [-0.2, 0) is 36.2 Å². The Hall–Kier alpha value is -1.83. The van der Waals surface area contributed by atoms with Crippen LogP contribution in [0.2, 0.25) is 0 Å². The van der Waals surface area contributed by atoms with E-state index < -0.39 is 26.0 Å². The normalized spacial score (nSPS) is 31.4. The number of sulfonamides is 2. The quantitative estimate of drug-likeness (QED) is 0.500. The molecule has 0 spiro atoms. The molecular weight excluding hydrogens is 512 g/mol. The van der Waals surface area contributed by atoms with Gasteiger partial charge in [-0.15, -0.1) is 15.7 Å². The van der Waals surface area contributed by atoms with Gasteiger partial charge < -0.3 is 10.2 Å². The van der Waals surface area contributed by atoms with Crippen LogP contribution in [0.25, 0.3) is 0 Å². The highest BCUT2D eigenvalue weighted by Gasteiger charge is 2.60. The number of ketones is 1. The average Bonchev–Trinajstić information content (AvgIpc) is 3.46. The molecule has 2 aliphatic heterocycles. The third kappa shape index (κ3) is 4.34. The van der Waals surface area contributed by atoms with Gasteiger partial charge in [0.2, 0.25) is 15.9 Å². The van der Waals surface area contributed by atoms with Crippen LogP contribution in [0.4, 0.5) is 5.00 Å². The molecule has 0 radical (unpaired) electrons. The minimum Gasteiger partial charge on any atom is -0.338 e. The predicted molar refractivity (Wildman–Crippen MR) is 132 cm³/mol. The zero-order chi connectivity index (χ0) is 25.3. The number of piperidine rings is 1. The van der Waals surface area contributed by atoms with E-state index in [9.17, 15) is 26.4 Å². The van der Waals surface area contributed by atoms with E-state index >= 15 is 0 Å². The highest BCUT2D eigenvalue weighted by molar-refractivity contribution is 7.91. The number of amidine groups is 1. The van der Waals surface area contributed by atoms with Crippen LogP contribution in [0.3, 0.4) is 0 Å². The first-order valence-electron chi connectivity index (χ1n) is 11.9. The molecule has 3 fully saturated rings. The number of nitrogens with zero attached hydrogens (tertiary/aromatic N) is 2. The first kappa shape index (κ1) is 24.8. The lowest BCUT2D eigenvalue weighted by molar-refractivity contribution is -0.152. The Morgan fingerprint density at radius 1 is 1.26 bits per heavy atom. The van der Waals surface area contributed by atoms with E-state index in [4.69, 9.17) is 0 Å². The summed E-state index contributed by atoms with van der Waals surface area (Å²) in [4.78, 5) is 29.1. The molecular formula is C22H30N4O6S3. The lowest BCUT2D eigenvalue weighted by Crippen LogP contribution is -2.62. The lowest BCUT2D eigenvalue weighted by atomic mass is 9.73. The minimum atomic E-state index is -4.24. The van der Waals surface area contributed by atoms with Gasteiger partial charge in [0.1, 0.15) is 15.7 Å². The number of rotatable bonds is 7. The molecule has 0 aromatic carbocycles. The molecule has 192 valence electrons.